The van der Waals surface area contributed by atoms with Gasteiger partial charge in [-0.3, -0.25) is 4.99 Å². The molecule has 0 fully saturated rings. The van der Waals surface area contributed by atoms with E-state index in [2.05, 4.69) is 22.5 Å². The summed E-state index contributed by atoms with van der Waals surface area (Å²) in [7, 11) is 5.02. The maximum absolute atomic E-state index is 5.73. The second-order valence-electron chi connectivity index (χ2n) is 6.06. The minimum atomic E-state index is 0.639. The molecule has 0 radical (unpaired) electrons. The fourth-order valence-corrected chi connectivity index (χ4v) is 2.50. The molecule has 27 heavy (non-hydrogen) atoms. The molecule has 0 heterocycles. The maximum Gasteiger partial charge on any atom is 0.191 e. The van der Waals surface area contributed by atoms with Gasteiger partial charge < -0.3 is 24.8 Å². The number of benzene rings is 2. The highest BCUT2D eigenvalue weighted by Crippen LogP contribution is 2.27. The van der Waals surface area contributed by atoms with E-state index in [1.54, 1.807) is 21.3 Å². The predicted molar refractivity (Wildman–Crippen MR) is 109 cm³/mol. The lowest BCUT2D eigenvalue weighted by Crippen LogP contribution is -2.37. The van der Waals surface area contributed by atoms with Crippen molar-refractivity contribution in [2.45, 2.75) is 19.9 Å². The van der Waals surface area contributed by atoms with Gasteiger partial charge in [0.25, 0.3) is 0 Å². The van der Waals surface area contributed by atoms with Crippen molar-refractivity contribution in [3.05, 3.63) is 53.6 Å². The van der Waals surface area contributed by atoms with Crippen molar-refractivity contribution in [1.82, 2.24) is 10.6 Å². The molecule has 0 spiro atoms. The van der Waals surface area contributed by atoms with Gasteiger partial charge in [0.2, 0.25) is 0 Å². The number of rotatable bonds is 9. The Morgan fingerprint density at radius 1 is 0.963 bits per heavy atom. The molecule has 0 aromatic heterocycles. The Kier molecular flexibility index (Phi) is 8.29. The lowest BCUT2D eigenvalue weighted by atomic mass is 10.2. The van der Waals surface area contributed by atoms with Crippen LogP contribution in [0.25, 0.3) is 0 Å². The Bertz CT molecular complexity index is 730. The van der Waals surface area contributed by atoms with Gasteiger partial charge in [0, 0.05) is 20.1 Å². The van der Waals surface area contributed by atoms with Crippen LogP contribution in [0.2, 0.25) is 0 Å². The summed E-state index contributed by atoms with van der Waals surface area (Å²) in [5.41, 5.74) is 2.31. The highest BCUT2D eigenvalue weighted by atomic mass is 16.5. The fourth-order valence-electron chi connectivity index (χ4n) is 2.50. The summed E-state index contributed by atoms with van der Waals surface area (Å²) in [6.45, 7) is 4.13. The SMILES string of the molecule is CN=C(NCCCOc1ccc(C)cc1)NCc1ccc(OC)c(OC)c1. The van der Waals surface area contributed by atoms with E-state index in [0.717, 1.165) is 36.0 Å². The monoisotopic (exact) mass is 371 g/mol. The predicted octanol–water partition coefficient (Wildman–Crippen LogP) is 3.15. The highest BCUT2D eigenvalue weighted by molar-refractivity contribution is 5.79. The van der Waals surface area contributed by atoms with Crippen LogP contribution in [0.3, 0.4) is 0 Å². The largest absolute Gasteiger partial charge is 0.494 e. The molecule has 6 heteroatoms. The third-order valence-electron chi connectivity index (χ3n) is 4.03. The zero-order valence-electron chi connectivity index (χ0n) is 16.5. The average Bonchev–Trinajstić information content (AvgIpc) is 2.71. The molecule has 0 atom stereocenters. The van der Waals surface area contributed by atoms with Crippen LogP contribution in [0.15, 0.2) is 47.5 Å². The molecule has 0 saturated carbocycles. The molecular weight excluding hydrogens is 342 g/mol. The lowest BCUT2D eigenvalue weighted by Gasteiger charge is -2.14. The molecule has 0 amide bonds. The first-order chi connectivity index (χ1) is 13.2. The van der Waals surface area contributed by atoms with E-state index in [4.69, 9.17) is 14.2 Å². The number of nitrogens with zero attached hydrogens (tertiary/aromatic N) is 1. The van der Waals surface area contributed by atoms with Gasteiger partial charge in [0.15, 0.2) is 17.5 Å². The molecular formula is C21H29N3O3. The van der Waals surface area contributed by atoms with Crippen LogP contribution in [-0.2, 0) is 6.54 Å². The Morgan fingerprint density at radius 3 is 2.37 bits per heavy atom. The third-order valence-corrected chi connectivity index (χ3v) is 4.03. The van der Waals surface area contributed by atoms with Crippen LogP contribution in [0.1, 0.15) is 17.5 Å². The summed E-state index contributed by atoms with van der Waals surface area (Å²) in [4.78, 5) is 4.24. The van der Waals surface area contributed by atoms with E-state index in [-0.39, 0.29) is 0 Å². The quantitative estimate of drug-likeness (QED) is 0.403. The second-order valence-corrected chi connectivity index (χ2v) is 6.06. The first-order valence-electron chi connectivity index (χ1n) is 9.01. The molecule has 2 rings (SSSR count). The summed E-state index contributed by atoms with van der Waals surface area (Å²) >= 11 is 0. The molecule has 146 valence electrons. The Labute approximate surface area is 161 Å². The summed E-state index contributed by atoms with van der Waals surface area (Å²) in [5, 5.41) is 6.58. The van der Waals surface area contributed by atoms with Crippen molar-refractivity contribution in [2.24, 2.45) is 4.99 Å². The van der Waals surface area contributed by atoms with Crippen LogP contribution in [0.4, 0.5) is 0 Å². The zero-order chi connectivity index (χ0) is 19.5. The Hall–Kier alpha value is -2.89. The normalized spacial score (nSPS) is 11.0. The molecule has 0 bridgehead atoms. The summed E-state index contributed by atoms with van der Waals surface area (Å²) in [6.07, 6.45) is 0.880. The molecule has 6 nitrogen and oxygen atoms in total. The number of ether oxygens (including phenoxy) is 3. The van der Waals surface area contributed by atoms with E-state index < -0.39 is 0 Å². The number of guanidine groups is 1. The number of aliphatic imine (C=N–C) groups is 1. The van der Waals surface area contributed by atoms with Crippen LogP contribution < -0.4 is 24.8 Å². The van der Waals surface area contributed by atoms with Crippen LogP contribution >= 0.6 is 0 Å². The number of methoxy groups -OCH3 is 2. The minimum Gasteiger partial charge on any atom is -0.494 e. The minimum absolute atomic E-state index is 0.639. The second kappa shape index (κ2) is 11.0. The van der Waals surface area contributed by atoms with Crippen LogP contribution in [0, 0.1) is 6.92 Å². The molecule has 0 aliphatic heterocycles. The van der Waals surface area contributed by atoms with Gasteiger partial charge in [-0.2, -0.15) is 0 Å². The van der Waals surface area contributed by atoms with E-state index in [1.165, 1.54) is 5.56 Å². The maximum atomic E-state index is 5.73. The highest BCUT2D eigenvalue weighted by Gasteiger charge is 2.05. The number of hydrogen-bond acceptors (Lipinski definition) is 4. The summed E-state index contributed by atoms with van der Waals surface area (Å²) in [6, 6.07) is 13.9. The average molecular weight is 371 g/mol. The van der Waals surface area contributed by atoms with Gasteiger partial charge >= 0.3 is 0 Å². The van der Waals surface area contributed by atoms with Crippen molar-refractivity contribution in [1.29, 1.82) is 0 Å². The molecule has 0 aliphatic rings. The first-order valence-corrected chi connectivity index (χ1v) is 9.01. The summed E-state index contributed by atoms with van der Waals surface area (Å²) in [5.74, 6) is 3.09. The zero-order valence-corrected chi connectivity index (χ0v) is 16.5. The van der Waals surface area contributed by atoms with Gasteiger partial charge in [-0.25, -0.2) is 0 Å². The van der Waals surface area contributed by atoms with E-state index in [9.17, 15) is 0 Å². The topological polar surface area (TPSA) is 64.1 Å². The van der Waals surface area contributed by atoms with E-state index in [1.807, 2.05) is 42.5 Å². The van der Waals surface area contributed by atoms with Crippen molar-refractivity contribution < 1.29 is 14.2 Å². The van der Waals surface area contributed by atoms with Crippen LogP contribution in [-0.4, -0.2) is 40.4 Å². The van der Waals surface area contributed by atoms with Gasteiger partial charge in [0.1, 0.15) is 5.75 Å². The van der Waals surface area contributed by atoms with Crippen molar-refractivity contribution in [3.63, 3.8) is 0 Å². The first kappa shape index (κ1) is 20.4. The number of nitrogens with one attached hydrogen (secondary N) is 2. The molecule has 2 aromatic rings. The Morgan fingerprint density at radius 2 is 1.70 bits per heavy atom. The van der Waals surface area contributed by atoms with Gasteiger partial charge in [-0.05, 0) is 43.2 Å². The Balaban J connectivity index is 1.70. The molecule has 2 N–H and O–H groups in total. The number of aryl methyl sites for hydroxylation is 1. The third kappa shape index (κ3) is 6.73. The standard InChI is InChI=1S/C21H29N3O3/c1-16-6-9-18(10-7-16)27-13-5-12-23-21(22-2)24-15-17-8-11-19(25-3)20(14-17)26-4/h6-11,14H,5,12-13,15H2,1-4H3,(H2,22,23,24). The lowest BCUT2D eigenvalue weighted by molar-refractivity contribution is 0.311. The molecule has 0 aliphatic carbocycles. The van der Waals surface area contributed by atoms with Crippen molar-refractivity contribution in [2.75, 3.05) is 34.4 Å². The summed E-state index contributed by atoms with van der Waals surface area (Å²) < 4.78 is 16.3. The molecule has 0 unspecified atom stereocenters. The van der Waals surface area contributed by atoms with Gasteiger partial charge in [0.05, 0.1) is 20.8 Å². The van der Waals surface area contributed by atoms with Crippen molar-refractivity contribution in [3.8, 4) is 17.2 Å². The van der Waals surface area contributed by atoms with E-state index in [0.29, 0.717) is 18.9 Å². The molecule has 2 aromatic carbocycles. The number of hydrogen-bond donors (Lipinski definition) is 2. The smallest absolute Gasteiger partial charge is 0.191 e. The molecule has 0 saturated heterocycles. The van der Waals surface area contributed by atoms with Gasteiger partial charge in [-0.15, -0.1) is 0 Å². The van der Waals surface area contributed by atoms with Crippen molar-refractivity contribution >= 4 is 5.96 Å². The fraction of sp³-hybridized carbons (Fsp3) is 0.381. The van der Waals surface area contributed by atoms with E-state index >= 15 is 0 Å². The van der Waals surface area contributed by atoms with Gasteiger partial charge in [-0.1, -0.05) is 23.8 Å². The van der Waals surface area contributed by atoms with Crippen LogP contribution in [0.5, 0.6) is 17.2 Å².